The second-order valence-electron chi connectivity index (χ2n) is 8.61. The van der Waals surface area contributed by atoms with Crippen LogP contribution in [0.3, 0.4) is 0 Å². The van der Waals surface area contributed by atoms with Gasteiger partial charge in [-0.05, 0) is 63.1 Å². The minimum atomic E-state index is -3.48. The van der Waals surface area contributed by atoms with E-state index in [9.17, 15) is 13.0 Å². The Balaban J connectivity index is 1.82. The Labute approximate surface area is 204 Å². The molecule has 0 amide bonds. The summed E-state index contributed by atoms with van der Waals surface area (Å²) in [6, 6.07) is 14.0. The average Bonchev–Trinajstić information content (AvgIpc) is 3.13. The number of fused-ring (bicyclic) bond motifs is 1. The number of sulfone groups is 1. The van der Waals surface area contributed by atoms with Crippen LogP contribution in [0.5, 0.6) is 5.75 Å². The second-order valence-corrected chi connectivity index (χ2v) is 13.9. The molecule has 9 nitrogen and oxygen atoms in total. The zero-order valence-corrected chi connectivity index (χ0v) is 22.0. The molecule has 0 aliphatic rings. The number of nitrogens with zero attached hydrogens (tertiary/aromatic N) is 4. The Morgan fingerprint density at radius 2 is 1.83 bits per heavy atom. The highest BCUT2D eigenvalue weighted by Crippen LogP contribution is 2.38. The third-order valence-electron chi connectivity index (χ3n) is 5.57. The Morgan fingerprint density at radius 3 is 2.51 bits per heavy atom. The van der Waals surface area contributed by atoms with Gasteiger partial charge >= 0.3 is 0 Å². The van der Waals surface area contributed by atoms with Crippen LogP contribution in [0.4, 0.5) is 11.6 Å². The van der Waals surface area contributed by atoms with Gasteiger partial charge in [0.15, 0.2) is 15.5 Å². The number of benzene rings is 2. The first kappa shape index (κ1) is 24.9. The Bertz CT molecular complexity index is 1560. The van der Waals surface area contributed by atoms with Crippen molar-refractivity contribution in [3.05, 3.63) is 54.2 Å². The molecule has 184 valence electrons. The lowest BCUT2D eigenvalue weighted by molar-refractivity contribution is 0.417. The lowest BCUT2D eigenvalue weighted by Gasteiger charge is -2.15. The summed E-state index contributed by atoms with van der Waals surface area (Å²) >= 11 is 0. The summed E-state index contributed by atoms with van der Waals surface area (Å²) < 4.78 is 45.6. The van der Waals surface area contributed by atoms with Crippen molar-refractivity contribution in [1.82, 2.24) is 19.7 Å². The molecule has 0 fully saturated rings. The predicted molar refractivity (Wildman–Crippen MR) is 139 cm³/mol. The van der Waals surface area contributed by atoms with Crippen molar-refractivity contribution in [2.24, 2.45) is 0 Å². The van der Waals surface area contributed by atoms with Gasteiger partial charge in [0.2, 0.25) is 5.95 Å². The summed E-state index contributed by atoms with van der Waals surface area (Å²) in [6.07, 6.45) is 0.520. The van der Waals surface area contributed by atoms with Crippen LogP contribution >= 0.6 is 7.14 Å². The summed E-state index contributed by atoms with van der Waals surface area (Å²) in [4.78, 5) is 4.90. The summed E-state index contributed by atoms with van der Waals surface area (Å²) in [5.41, 5.74) is 2.90. The number of methoxy groups -OCH3 is 1. The number of hydrogen-bond acceptors (Lipinski definition) is 8. The van der Waals surface area contributed by atoms with E-state index < -0.39 is 17.0 Å². The molecule has 0 atom stereocenters. The van der Waals surface area contributed by atoms with Crippen molar-refractivity contribution in [1.29, 1.82) is 0 Å². The first-order valence-electron chi connectivity index (χ1n) is 11.1. The average molecular weight is 514 g/mol. The van der Waals surface area contributed by atoms with Gasteiger partial charge in [0.25, 0.3) is 0 Å². The Kier molecular flexibility index (Phi) is 6.71. The fourth-order valence-corrected chi connectivity index (χ4v) is 6.28. The van der Waals surface area contributed by atoms with Gasteiger partial charge in [-0.15, -0.1) is 10.2 Å². The number of aromatic nitrogens is 4. The van der Waals surface area contributed by atoms with Gasteiger partial charge < -0.3 is 14.6 Å². The van der Waals surface area contributed by atoms with Gasteiger partial charge in [-0.1, -0.05) is 19.1 Å². The molecule has 11 heteroatoms. The molecule has 2 aromatic heterocycles. The maximum atomic E-state index is 13.0. The van der Waals surface area contributed by atoms with Crippen LogP contribution in [0, 0.1) is 6.92 Å². The van der Waals surface area contributed by atoms with Crippen molar-refractivity contribution in [3.8, 4) is 11.4 Å². The van der Waals surface area contributed by atoms with Crippen LogP contribution < -0.4 is 15.4 Å². The van der Waals surface area contributed by atoms with E-state index in [1.54, 1.807) is 60.4 Å². The molecule has 2 heterocycles. The van der Waals surface area contributed by atoms with E-state index in [-0.39, 0.29) is 16.6 Å². The lowest BCUT2D eigenvalue weighted by atomic mass is 10.3. The van der Waals surface area contributed by atoms with Gasteiger partial charge in [0, 0.05) is 11.0 Å². The minimum Gasteiger partial charge on any atom is -0.495 e. The molecule has 0 saturated carbocycles. The molecule has 4 aromatic rings. The van der Waals surface area contributed by atoms with Gasteiger partial charge in [-0.2, -0.15) is 4.98 Å². The third-order valence-corrected chi connectivity index (χ3v) is 9.05. The van der Waals surface area contributed by atoms with E-state index >= 15 is 0 Å². The van der Waals surface area contributed by atoms with E-state index in [4.69, 9.17) is 4.74 Å². The number of aryl methyl sites for hydroxylation is 1. The Hall–Kier alpha value is -3.23. The van der Waals surface area contributed by atoms with Gasteiger partial charge in [0.05, 0.1) is 29.1 Å². The van der Waals surface area contributed by atoms with Gasteiger partial charge in [-0.25, -0.2) is 8.42 Å². The molecule has 35 heavy (non-hydrogen) atoms. The number of nitrogens with one attached hydrogen (secondary N) is 1. The molecule has 2 aromatic carbocycles. The fourth-order valence-electron chi connectivity index (χ4n) is 3.89. The van der Waals surface area contributed by atoms with Crippen molar-refractivity contribution in [3.63, 3.8) is 0 Å². The summed E-state index contributed by atoms with van der Waals surface area (Å²) in [7, 11) is -4.40. The topological polar surface area (TPSA) is 116 Å². The van der Waals surface area contributed by atoms with Gasteiger partial charge in [0.1, 0.15) is 18.4 Å². The van der Waals surface area contributed by atoms with Crippen LogP contribution in [-0.4, -0.2) is 54.4 Å². The van der Waals surface area contributed by atoms with E-state index in [0.29, 0.717) is 40.0 Å². The zero-order valence-electron chi connectivity index (χ0n) is 20.3. The molecular weight excluding hydrogens is 485 g/mol. The maximum absolute atomic E-state index is 13.0. The fraction of sp³-hybridized carbons (Fsp3) is 0.292. The maximum Gasteiger partial charge on any atom is 0.249 e. The number of para-hydroxylation sites is 1. The standard InChI is InChI=1S/C24H28N5O4PS/c1-6-13-35(31,32)22-10-8-7-9-20(22)29-16(2)14-19-23(29)26-24(28-27-19)25-18-12-11-17(34(4,5)30)15-21(18)33-3/h7-12,14-15H,6,13H2,1-5H3,(H,25,26,28). The van der Waals surface area contributed by atoms with E-state index in [1.165, 1.54) is 7.11 Å². The summed E-state index contributed by atoms with van der Waals surface area (Å²) in [5, 5.41) is 12.3. The molecule has 0 bridgehead atoms. The number of rotatable bonds is 8. The van der Waals surface area contributed by atoms with Crippen molar-refractivity contribution < 1.29 is 17.7 Å². The number of anilines is 2. The highest BCUT2D eigenvalue weighted by Gasteiger charge is 2.22. The molecule has 4 rings (SSSR count). The second kappa shape index (κ2) is 9.43. The largest absolute Gasteiger partial charge is 0.495 e. The highest BCUT2D eigenvalue weighted by molar-refractivity contribution is 7.91. The van der Waals surface area contributed by atoms with E-state index in [1.807, 2.05) is 19.9 Å². The van der Waals surface area contributed by atoms with Crippen LogP contribution in [-0.2, 0) is 14.4 Å². The normalized spacial score (nSPS) is 12.1. The first-order chi connectivity index (χ1) is 16.5. The number of hydrogen-bond donors (Lipinski definition) is 1. The minimum absolute atomic E-state index is 0.0561. The van der Waals surface area contributed by atoms with Crippen molar-refractivity contribution in [2.75, 3.05) is 31.5 Å². The van der Waals surface area contributed by atoms with Crippen molar-refractivity contribution >= 4 is 45.1 Å². The lowest BCUT2D eigenvalue weighted by Crippen LogP contribution is -2.11. The molecule has 0 aliphatic carbocycles. The zero-order chi connectivity index (χ0) is 25.4. The molecule has 1 N–H and O–H groups in total. The summed E-state index contributed by atoms with van der Waals surface area (Å²) in [5.74, 6) is 0.770. The van der Waals surface area contributed by atoms with Crippen LogP contribution in [0.1, 0.15) is 19.0 Å². The smallest absolute Gasteiger partial charge is 0.249 e. The molecule has 0 radical (unpaired) electrons. The van der Waals surface area contributed by atoms with Gasteiger partial charge in [-0.3, -0.25) is 4.57 Å². The van der Waals surface area contributed by atoms with Crippen LogP contribution in [0.2, 0.25) is 0 Å². The molecule has 0 aliphatic heterocycles. The number of ether oxygens (including phenoxy) is 1. The Morgan fingerprint density at radius 1 is 1.09 bits per heavy atom. The van der Waals surface area contributed by atoms with E-state index in [2.05, 4.69) is 20.5 Å². The van der Waals surface area contributed by atoms with Crippen LogP contribution in [0.25, 0.3) is 16.9 Å². The van der Waals surface area contributed by atoms with Crippen molar-refractivity contribution in [2.45, 2.75) is 25.2 Å². The third kappa shape index (κ3) is 4.94. The monoisotopic (exact) mass is 513 g/mol. The quantitative estimate of drug-likeness (QED) is 0.347. The molecular formula is C24H28N5O4PS. The highest BCUT2D eigenvalue weighted by atomic mass is 32.2. The predicted octanol–water partition coefficient (Wildman–Crippen LogP) is 4.31. The SMILES string of the molecule is CCCS(=O)(=O)c1ccccc1-n1c(C)cc2nnc(Nc3ccc(P(C)(C)=O)cc3OC)nc21. The van der Waals surface area contributed by atoms with E-state index in [0.717, 1.165) is 5.69 Å². The summed E-state index contributed by atoms with van der Waals surface area (Å²) in [6.45, 7) is 7.11. The van der Waals surface area contributed by atoms with Crippen LogP contribution in [0.15, 0.2) is 53.4 Å². The molecule has 0 saturated heterocycles. The molecule has 0 spiro atoms. The first-order valence-corrected chi connectivity index (χ1v) is 15.4. The molecule has 0 unspecified atom stereocenters.